The fraction of sp³-hybridized carbons (Fsp3) is 0.0345. The van der Waals surface area contributed by atoms with Gasteiger partial charge in [0.05, 0.1) is 17.1 Å². The Kier molecular flexibility index (Phi) is 5.56. The molecule has 0 unspecified atom stereocenters. The van der Waals surface area contributed by atoms with Crippen molar-refractivity contribution in [2.75, 3.05) is 11.9 Å². The van der Waals surface area contributed by atoms with Crippen LogP contribution in [0.3, 0.4) is 0 Å². The monoisotopic (exact) mass is 429 g/mol. The van der Waals surface area contributed by atoms with Crippen molar-refractivity contribution in [1.82, 2.24) is 9.78 Å². The smallest absolute Gasteiger partial charge is 0.258 e. The molecule has 0 aliphatic rings. The van der Waals surface area contributed by atoms with Gasteiger partial charge in [-0.05, 0) is 42.5 Å². The molecule has 1 aromatic heterocycles. The summed E-state index contributed by atoms with van der Waals surface area (Å²) in [5, 5.41) is 4.91. The predicted molar refractivity (Wildman–Crippen MR) is 134 cm³/mol. The maximum absolute atomic E-state index is 13.0. The summed E-state index contributed by atoms with van der Waals surface area (Å²) in [6.45, 7) is 0. The largest absolute Gasteiger partial charge is 0.311 e. The fourth-order valence-corrected chi connectivity index (χ4v) is 3.85. The van der Waals surface area contributed by atoms with E-state index in [1.54, 1.807) is 11.9 Å². The number of anilines is 1. The van der Waals surface area contributed by atoms with Crippen molar-refractivity contribution in [2.45, 2.75) is 0 Å². The van der Waals surface area contributed by atoms with Crippen molar-refractivity contribution < 1.29 is 4.79 Å². The summed E-state index contributed by atoms with van der Waals surface area (Å²) < 4.78 is 1.94. The molecular weight excluding hydrogens is 406 g/mol. The Balaban J connectivity index is 1.51. The first-order valence-electron chi connectivity index (χ1n) is 10.9. The lowest BCUT2D eigenvalue weighted by Gasteiger charge is -2.17. The third-order valence-electron chi connectivity index (χ3n) is 5.66. The number of hydrogen-bond acceptors (Lipinski definition) is 2. The quantitative estimate of drug-likeness (QED) is 0.321. The molecule has 5 rings (SSSR count). The number of nitrogens with zero attached hydrogens (tertiary/aromatic N) is 3. The second-order valence-electron chi connectivity index (χ2n) is 7.81. The second-order valence-corrected chi connectivity index (χ2v) is 7.81. The van der Waals surface area contributed by atoms with Crippen LogP contribution in [0.5, 0.6) is 0 Å². The minimum atomic E-state index is -0.0542. The number of carbonyl (C=O) groups is 1. The highest BCUT2D eigenvalue weighted by molar-refractivity contribution is 6.05. The number of para-hydroxylation sites is 1. The Morgan fingerprint density at radius 2 is 1.24 bits per heavy atom. The van der Waals surface area contributed by atoms with E-state index in [1.165, 1.54) is 0 Å². The summed E-state index contributed by atoms with van der Waals surface area (Å²) in [5.41, 5.74) is 6.42. The number of carbonyl (C=O) groups excluding carboxylic acids is 1. The molecule has 0 aliphatic carbocycles. The Labute approximate surface area is 193 Å². The Morgan fingerprint density at radius 3 is 1.85 bits per heavy atom. The molecular formula is C29H23N3O. The molecule has 0 saturated heterocycles. The molecule has 1 heterocycles. The van der Waals surface area contributed by atoms with Crippen LogP contribution in [0, 0.1) is 0 Å². The van der Waals surface area contributed by atoms with Crippen molar-refractivity contribution in [2.24, 2.45) is 0 Å². The van der Waals surface area contributed by atoms with E-state index in [0.717, 1.165) is 33.9 Å². The topological polar surface area (TPSA) is 38.1 Å². The Bertz CT molecular complexity index is 1360. The normalized spacial score (nSPS) is 10.7. The summed E-state index contributed by atoms with van der Waals surface area (Å²) in [6, 6.07) is 39.7. The number of hydrogen-bond donors (Lipinski definition) is 0. The molecule has 0 fully saturated rings. The fourth-order valence-electron chi connectivity index (χ4n) is 3.85. The molecule has 160 valence electrons. The average molecular weight is 430 g/mol. The lowest BCUT2D eigenvalue weighted by molar-refractivity contribution is 0.0993. The van der Waals surface area contributed by atoms with Crippen molar-refractivity contribution in [1.29, 1.82) is 0 Å². The minimum Gasteiger partial charge on any atom is -0.311 e. The average Bonchev–Trinajstić information content (AvgIpc) is 3.35. The van der Waals surface area contributed by atoms with Gasteiger partial charge in [-0.25, -0.2) is 4.68 Å². The predicted octanol–water partition coefficient (Wildman–Crippen LogP) is 6.48. The summed E-state index contributed by atoms with van der Waals surface area (Å²) in [7, 11) is 1.79. The zero-order valence-electron chi connectivity index (χ0n) is 18.3. The van der Waals surface area contributed by atoms with Gasteiger partial charge < -0.3 is 4.90 Å². The third-order valence-corrected chi connectivity index (χ3v) is 5.66. The molecule has 0 atom stereocenters. The molecule has 4 aromatic carbocycles. The molecule has 0 aliphatic heterocycles. The van der Waals surface area contributed by atoms with Crippen LogP contribution in [0.4, 0.5) is 5.69 Å². The van der Waals surface area contributed by atoms with Gasteiger partial charge in [0, 0.05) is 29.4 Å². The van der Waals surface area contributed by atoms with Crippen LogP contribution in [-0.4, -0.2) is 22.7 Å². The SMILES string of the molecule is CN(C(=O)c1ccc(-n2nc(-c3ccccc3)cc2-c2ccccc2)cc1)c1ccccc1. The molecule has 33 heavy (non-hydrogen) atoms. The first-order valence-corrected chi connectivity index (χ1v) is 10.9. The van der Waals surface area contributed by atoms with E-state index in [0.29, 0.717) is 5.56 Å². The molecule has 0 radical (unpaired) electrons. The molecule has 1 amide bonds. The van der Waals surface area contributed by atoms with E-state index in [9.17, 15) is 4.79 Å². The molecule has 0 bridgehead atoms. The van der Waals surface area contributed by atoms with Gasteiger partial charge in [-0.2, -0.15) is 5.10 Å². The highest BCUT2D eigenvalue weighted by Gasteiger charge is 2.16. The third kappa shape index (κ3) is 4.19. The van der Waals surface area contributed by atoms with Gasteiger partial charge in [0.1, 0.15) is 0 Å². The molecule has 5 aromatic rings. The van der Waals surface area contributed by atoms with Gasteiger partial charge in [0.25, 0.3) is 5.91 Å². The van der Waals surface area contributed by atoms with Crippen molar-refractivity contribution in [3.05, 3.63) is 127 Å². The van der Waals surface area contributed by atoms with Gasteiger partial charge in [0.2, 0.25) is 0 Å². The molecule has 0 saturated carbocycles. The molecule has 0 spiro atoms. The van der Waals surface area contributed by atoms with Crippen molar-refractivity contribution >= 4 is 11.6 Å². The summed E-state index contributed by atoms with van der Waals surface area (Å²) in [6.07, 6.45) is 0. The van der Waals surface area contributed by atoms with Crippen LogP contribution in [0.15, 0.2) is 121 Å². The number of benzene rings is 4. The van der Waals surface area contributed by atoms with Gasteiger partial charge in [-0.1, -0.05) is 78.9 Å². The lowest BCUT2D eigenvalue weighted by Crippen LogP contribution is -2.26. The van der Waals surface area contributed by atoms with Crippen LogP contribution in [-0.2, 0) is 0 Å². The Morgan fingerprint density at radius 1 is 0.697 bits per heavy atom. The van der Waals surface area contributed by atoms with E-state index in [1.807, 2.05) is 95.7 Å². The van der Waals surface area contributed by atoms with Gasteiger partial charge >= 0.3 is 0 Å². The van der Waals surface area contributed by atoms with Crippen LogP contribution >= 0.6 is 0 Å². The first-order chi connectivity index (χ1) is 16.2. The summed E-state index contributed by atoms with van der Waals surface area (Å²) in [4.78, 5) is 14.6. The van der Waals surface area contributed by atoms with Crippen LogP contribution in [0.1, 0.15) is 10.4 Å². The van der Waals surface area contributed by atoms with Crippen LogP contribution in [0.2, 0.25) is 0 Å². The van der Waals surface area contributed by atoms with Gasteiger partial charge in [0.15, 0.2) is 0 Å². The second kappa shape index (κ2) is 8.97. The number of rotatable bonds is 5. The standard InChI is InChI=1S/C29H23N3O/c1-31(25-15-9-4-10-16-25)29(33)24-17-19-26(20-18-24)32-28(23-13-7-3-8-14-23)21-27(30-32)22-11-5-2-6-12-22/h2-21H,1H3. The highest BCUT2D eigenvalue weighted by atomic mass is 16.2. The zero-order chi connectivity index (χ0) is 22.6. The van der Waals surface area contributed by atoms with E-state index >= 15 is 0 Å². The summed E-state index contributed by atoms with van der Waals surface area (Å²) >= 11 is 0. The maximum atomic E-state index is 13.0. The van der Waals surface area contributed by atoms with Crippen molar-refractivity contribution in [3.63, 3.8) is 0 Å². The summed E-state index contributed by atoms with van der Waals surface area (Å²) in [5.74, 6) is -0.0542. The van der Waals surface area contributed by atoms with E-state index in [-0.39, 0.29) is 5.91 Å². The molecule has 0 N–H and O–H groups in total. The maximum Gasteiger partial charge on any atom is 0.258 e. The van der Waals surface area contributed by atoms with Crippen LogP contribution in [0.25, 0.3) is 28.2 Å². The first kappa shape index (κ1) is 20.5. The Hall–Kier alpha value is -4.44. The van der Waals surface area contributed by atoms with E-state index in [4.69, 9.17) is 5.10 Å². The van der Waals surface area contributed by atoms with Gasteiger partial charge in [-0.15, -0.1) is 0 Å². The highest BCUT2D eigenvalue weighted by Crippen LogP contribution is 2.29. The van der Waals surface area contributed by atoms with E-state index in [2.05, 4.69) is 30.3 Å². The number of amides is 1. The van der Waals surface area contributed by atoms with E-state index < -0.39 is 0 Å². The molecule has 4 heteroatoms. The van der Waals surface area contributed by atoms with Crippen LogP contribution < -0.4 is 4.90 Å². The lowest BCUT2D eigenvalue weighted by atomic mass is 10.1. The van der Waals surface area contributed by atoms with Gasteiger partial charge in [-0.3, -0.25) is 4.79 Å². The number of aromatic nitrogens is 2. The zero-order valence-corrected chi connectivity index (χ0v) is 18.3. The van der Waals surface area contributed by atoms with Crippen molar-refractivity contribution in [3.8, 4) is 28.2 Å². The molecule has 4 nitrogen and oxygen atoms in total. The minimum absolute atomic E-state index is 0.0542.